The maximum Gasteiger partial charge on any atom is 0.241 e. The lowest BCUT2D eigenvalue weighted by molar-refractivity contribution is 0.580. The minimum Gasteiger partial charge on any atom is -0.316 e. The molecule has 1 aromatic rings. The smallest absolute Gasteiger partial charge is 0.241 e. The van der Waals surface area contributed by atoms with E-state index < -0.39 is 10.0 Å². The van der Waals surface area contributed by atoms with Gasteiger partial charge in [0.05, 0.1) is 4.90 Å². The second-order valence-electron chi connectivity index (χ2n) is 4.15. The Hall–Kier alpha value is -0.430. The topological polar surface area (TPSA) is 58.2 Å². The summed E-state index contributed by atoms with van der Waals surface area (Å²) in [6.07, 6.45) is 0.770. The van der Waals surface area contributed by atoms with Gasteiger partial charge in [-0.2, -0.15) is 0 Å². The third kappa shape index (κ3) is 3.78. The molecule has 0 saturated heterocycles. The number of rotatable bonds is 6. The van der Waals surface area contributed by atoms with E-state index in [2.05, 4.69) is 26.0 Å². The van der Waals surface area contributed by atoms with E-state index in [1.54, 1.807) is 6.07 Å². The Labute approximate surface area is 117 Å². The summed E-state index contributed by atoms with van der Waals surface area (Å²) >= 11 is 3.35. The molecule has 0 aromatic heterocycles. The van der Waals surface area contributed by atoms with Crippen molar-refractivity contribution >= 4 is 26.0 Å². The van der Waals surface area contributed by atoms with E-state index in [1.807, 2.05) is 27.0 Å². The van der Waals surface area contributed by atoms with Crippen molar-refractivity contribution in [3.63, 3.8) is 0 Å². The first-order valence-electron chi connectivity index (χ1n) is 5.85. The lowest BCUT2D eigenvalue weighted by Gasteiger charge is -2.12. The van der Waals surface area contributed by atoms with Gasteiger partial charge in [-0.1, -0.05) is 13.0 Å². The number of hydrogen-bond acceptors (Lipinski definition) is 3. The van der Waals surface area contributed by atoms with Gasteiger partial charge in [0.1, 0.15) is 0 Å². The van der Waals surface area contributed by atoms with Gasteiger partial charge in [0.2, 0.25) is 10.0 Å². The van der Waals surface area contributed by atoms with E-state index in [0.717, 1.165) is 17.5 Å². The summed E-state index contributed by atoms with van der Waals surface area (Å²) in [4.78, 5) is 0.307. The highest BCUT2D eigenvalue weighted by atomic mass is 79.9. The number of nitrogens with one attached hydrogen (secondary N) is 2. The van der Waals surface area contributed by atoms with Crippen LogP contribution in [-0.4, -0.2) is 22.0 Å². The van der Waals surface area contributed by atoms with Gasteiger partial charge >= 0.3 is 0 Å². The molecular weight excluding hydrogens is 316 g/mol. The fourth-order valence-corrected chi connectivity index (χ4v) is 3.83. The quantitative estimate of drug-likeness (QED) is 0.838. The standard InChI is InChI=1S/C12H19BrN2O2S/c1-4-5-15-18(16,17)11-7-10(8-14-3)6-9(2)12(11)13/h6-7,14-15H,4-5,8H2,1-3H3. The highest BCUT2D eigenvalue weighted by molar-refractivity contribution is 9.10. The molecule has 1 rings (SSSR count). The second kappa shape index (κ2) is 6.65. The first-order chi connectivity index (χ1) is 8.42. The molecule has 1 aromatic carbocycles. The molecule has 6 heteroatoms. The Morgan fingerprint density at radius 2 is 2.00 bits per heavy atom. The molecule has 0 aliphatic heterocycles. The largest absolute Gasteiger partial charge is 0.316 e. The summed E-state index contributed by atoms with van der Waals surface area (Å²) in [7, 11) is -1.61. The van der Waals surface area contributed by atoms with Crippen molar-refractivity contribution < 1.29 is 8.42 Å². The summed E-state index contributed by atoms with van der Waals surface area (Å²) in [5, 5.41) is 3.02. The highest BCUT2D eigenvalue weighted by Gasteiger charge is 2.19. The Balaban J connectivity index is 3.22. The third-order valence-electron chi connectivity index (χ3n) is 2.49. The maximum absolute atomic E-state index is 12.2. The molecule has 0 amide bonds. The molecule has 0 saturated carbocycles. The molecule has 0 radical (unpaired) electrons. The molecule has 0 heterocycles. The minimum atomic E-state index is -3.44. The van der Waals surface area contributed by atoms with Gasteiger partial charge in [-0.3, -0.25) is 0 Å². The summed E-state index contributed by atoms with van der Waals surface area (Å²) in [5.74, 6) is 0. The SMILES string of the molecule is CCCNS(=O)(=O)c1cc(CNC)cc(C)c1Br. The number of halogens is 1. The number of benzene rings is 1. The maximum atomic E-state index is 12.2. The molecule has 4 nitrogen and oxygen atoms in total. The van der Waals surface area contributed by atoms with E-state index in [0.29, 0.717) is 22.5 Å². The summed E-state index contributed by atoms with van der Waals surface area (Å²) in [5.41, 5.74) is 1.87. The van der Waals surface area contributed by atoms with Gasteiger partial charge in [0.25, 0.3) is 0 Å². The normalized spacial score (nSPS) is 11.8. The number of sulfonamides is 1. The minimum absolute atomic E-state index is 0.307. The van der Waals surface area contributed by atoms with Gasteiger partial charge in [-0.25, -0.2) is 13.1 Å². The van der Waals surface area contributed by atoms with Crippen LogP contribution in [0.1, 0.15) is 24.5 Å². The van der Waals surface area contributed by atoms with Crippen molar-refractivity contribution in [2.45, 2.75) is 31.7 Å². The monoisotopic (exact) mass is 334 g/mol. The lowest BCUT2D eigenvalue weighted by atomic mass is 10.1. The molecule has 0 unspecified atom stereocenters. The van der Waals surface area contributed by atoms with Crippen LogP contribution in [0.15, 0.2) is 21.5 Å². The molecule has 2 N–H and O–H groups in total. The van der Waals surface area contributed by atoms with Gasteiger partial charge in [0.15, 0.2) is 0 Å². The number of aryl methyl sites for hydroxylation is 1. The van der Waals surface area contributed by atoms with Crippen LogP contribution in [0.3, 0.4) is 0 Å². The van der Waals surface area contributed by atoms with E-state index in [4.69, 9.17) is 0 Å². The van der Waals surface area contributed by atoms with Gasteiger partial charge < -0.3 is 5.32 Å². The average molecular weight is 335 g/mol. The molecule has 0 bridgehead atoms. The molecule has 0 aliphatic carbocycles. The summed E-state index contributed by atoms with van der Waals surface area (Å²) in [6.45, 7) is 4.91. The zero-order chi connectivity index (χ0) is 13.8. The van der Waals surface area contributed by atoms with E-state index in [-0.39, 0.29) is 0 Å². The number of hydrogen-bond donors (Lipinski definition) is 2. The molecule has 102 valence electrons. The molecular formula is C12H19BrN2O2S. The summed E-state index contributed by atoms with van der Waals surface area (Å²) < 4.78 is 27.5. The van der Waals surface area contributed by atoms with Crippen molar-refractivity contribution in [3.05, 3.63) is 27.7 Å². The van der Waals surface area contributed by atoms with Gasteiger partial charge in [-0.15, -0.1) is 0 Å². The van der Waals surface area contributed by atoms with Crippen molar-refractivity contribution in [3.8, 4) is 0 Å². The second-order valence-corrected chi connectivity index (χ2v) is 6.68. The van der Waals surface area contributed by atoms with Crippen LogP contribution in [0.4, 0.5) is 0 Å². The molecule has 18 heavy (non-hydrogen) atoms. The van der Waals surface area contributed by atoms with Crippen molar-refractivity contribution in [1.29, 1.82) is 0 Å². The predicted molar refractivity (Wildman–Crippen MR) is 77.1 cm³/mol. The Morgan fingerprint density at radius 1 is 1.33 bits per heavy atom. The van der Waals surface area contributed by atoms with Crippen LogP contribution in [0.2, 0.25) is 0 Å². The van der Waals surface area contributed by atoms with E-state index in [9.17, 15) is 8.42 Å². The zero-order valence-corrected chi connectivity index (χ0v) is 13.3. The predicted octanol–water partition coefficient (Wildman–Crippen LogP) is 2.17. The van der Waals surface area contributed by atoms with Crippen LogP contribution >= 0.6 is 15.9 Å². The summed E-state index contributed by atoms with van der Waals surface area (Å²) in [6, 6.07) is 3.67. The Morgan fingerprint density at radius 3 is 2.56 bits per heavy atom. The van der Waals surface area contributed by atoms with Crippen LogP contribution in [-0.2, 0) is 16.6 Å². The molecule has 0 atom stereocenters. The fraction of sp³-hybridized carbons (Fsp3) is 0.500. The fourth-order valence-electron chi connectivity index (χ4n) is 1.63. The molecule has 0 spiro atoms. The zero-order valence-electron chi connectivity index (χ0n) is 10.9. The Bertz CT molecular complexity index is 515. The highest BCUT2D eigenvalue weighted by Crippen LogP contribution is 2.27. The van der Waals surface area contributed by atoms with Gasteiger partial charge in [-0.05, 0) is 53.5 Å². The lowest BCUT2D eigenvalue weighted by Crippen LogP contribution is -2.25. The van der Waals surface area contributed by atoms with Crippen molar-refractivity contribution in [2.75, 3.05) is 13.6 Å². The van der Waals surface area contributed by atoms with Crippen LogP contribution < -0.4 is 10.0 Å². The van der Waals surface area contributed by atoms with Crippen molar-refractivity contribution in [2.24, 2.45) is 0 Å². The first-order valence-corrected chi connectivity index (χ1v) is 8.13. The van der Waals surface area contributed by atoms with E-state index >= 15 is 0 Å². The molecule has 0 fully saturated rings. The first kappa shape index (κ1) is 15.6. The van der Waals surface area contributed by atoms with Crippen LogP contribution in [0.25, 0.3) is 0 Å². The van der Waals surface area contributed by atoms with Crippen LogP contribution in [0, 0.1) is 6.92 Å². The van der Waals surface area contributed by atoms with Gasteiger partial charge in [0, 0.05) is 17.6 Å². The van der Waals surface area contributed by atoms with Crippen molar-refractivity contribution in [1.82, 2.24) is 10.0 Å². The molecule has 0 aliphatic rings. The third-order valence-corrected chi connectivity index (χ3v) is 5.29. The Kier molecular flexibility index (Phi) is 5.78. The van der Waals surface area contributed by atoms with E-state index in [1.165, 1.54) is 0 Å². The average Bonchev–Trinajstić information content (AvgIpc) is 2.31. The van der Waals surface area contributed by atoms with Crippen LogP contribution in [0.5, 0.6) is 0 Å².